The van der Waals surface area contributed by atoms with Crippen LogP contribution in [0.5, 0.6) is 0 Å². The van der Waals surface area contributed by atoms with Crippen LogP contribution in [-0.4, -0.2) is 17.2 Å². The van der Waals surface area contributed by atoms with Crippen molar-refractivity contribution in [3.63, 3.8) is 0 Å². The molecule has 2 aromatic carbocycles. The highest BCUT2D eigenvalue weighted by atomic mass is 15.2. The average molecular weight is 361 g/mol. The zero-order chi connectivity index (χ0) is 19.1. The SMILES string of the molecule is C#Cc1ccc(-c2ccc(N3c4ccncc4C4=CN=CCC43)cc2C)cc1. The Labute approximate surface area is 165 Å². The van der Waals surface area contributed by atoms with E-state index in [0.717, 1.165) is 12.0 Å². The quantitative estimate of drug-likeness (QED) is 0.574. The molecule has 5 rings (SSSR count). The van der Waals surface area contributed by atoms with Crippen LogP contribution in [0.1, 0.15) is 23.1 Å². The average Bonchev–Trinajstić information content (AvgIpc) is 3.08. The summed E-state index contributed by atoms with van der Waals surface area (Å²) in [7, 11) is 0. The summed E-state index contributed by atoms with van der Waals surface area (Å²) in [6.07, 6.45) is 14.2. The normalized spacial score (nSPS) is 16.9. The molecule has 1 unspecified atom stereocenters. The molecule has 0 amide bonds. The predicted molar refractivity (Wildman–Crippen MR) is 116 cm³/mol. The van der Waals surface area contributed by atoms with Crippen LogP contribution in [-0.2, 0) is 0 Å². The van der Waals surface area contributed by atoms with Crippen LogP contribution < -0.4 is 4.90 Å². The lowest BCUT2D eigenvalue weighted by Crippen LogP contribution is -2.28. The van der Waals surface area contributed by atoms with E-state index in [1.54, 1.807) is 0 Å². The third-order valence-electron chi connectivity index (χ3n) is 5.54. The van der Waals surface area contributed by atoms with Crippen LogP contribution in [0.4, 0.5) is 11.4 Å². The number of hydrogen-bond donors (Lipinski definition) is 0. The molecule has 0 spiro atoms. The Morgan fingerprint density at radius 3 is 2.71 bits per heavy atom. The molecule has 0 saturated heterocycles. The van der Waals surface area contributed by atoms with Gasteiger partial charge in [-0.15, -0.1) is 6.42 Å². The van der Waals surface area contributed by atoms with Gasteiger partial charge in [0.05, 0.1) is 11.7 Å². The molecule has 1 atom stereocenters. The standard InChI is InChI=1S/C25H19N3/c1-3-18-4-6-19(7-5-18)21-9-8-20(14-17(21)2)28-24-10-12-26-15-22(24)23-16-27-13-11-25(23)28/h1,4-10,12-16,25H,11H2,2H3. The summed E-state index contributed by atoms with van der Waals surface area (Å²) in [4.78, 5) is 11.1. The molecule has 0 N–H and O–H groups in total. The Balaban J connectivity index is 1.57. The second-order valence-corrected chi connectivity index (χ2v) is 7.15. The van der Waals surface area contributed by atoms with Gasteiger partial charge in [0.2, 0.25) is 0 Å². The molecule has 3 heterocycles. The first-order valence-electron chi connectivity index (χ1n) is 9.39. The molecule has 0 saturated carbocycles. The van der Waals surface area contributed by atoms with Crippen LogP contribution >= 0.6 is 0 Å². The third kappa shape index (κ3) is 2.54. The smallest absolute Gasteiger partial charge is 0.0663 e. The number of aliphatic imine (C=N–C) groups is 1. The van der Waals surface area contributed by atoms with Gasteiger partial charge < -0.3 is 4.90 Å². The van der Waals surface area contributed by atoms with Gasteiger partial charge in [0.1, 0.15) is 0 Å². The molecule has 1 aromatic heterocycles. The molecule has 0 radical (unpaired) electrons. The number of pyridine rings is 1. The Morgan fingerprint density at radius 1 is 1.07 bits per heavy atom. The minimum Gasteiger partial charge on any atom is -0.333 e. The van der Waals surface area contributed by atoms with E-state index in [2.05, 4.69) is 64.1 Å². The molecule has 0 fully saturated rings. The lowest BCUT2D eigenvalue weighted by molar-refractivity contribution is 0.857. The monoisotopic (exact) mass is 361 g/mol. The molecule has 3 nitrogen and oxygen atoms in total. The second-order valence-electron chi connectivity index (χ2n) is 7.15. The van der Waals surface area contributed by atoms with Crippen molar-refractivity contribution >= 4 is 23.2 Å². The molecule has 3 heteroatoms. The zero-order valence-electron chi connectivity index (χ0n) is 15.6. The number of fused-ring (bicyclic) bond motifs is 3. The first-order chi connectivity index (χ1) is 13.8. The number of terminal acetylenes is 1. The van der Waals surface area contributed by atoms with Crippen molar-refractivity contribution < 1.29 is 0 Å². The maximum Gasteiger partial charge on any atom is 0.0663 e. The first kappa shape index (κ1) is 16.5. The summed E-state index contributed by atoms with van der Waals surface area (Å²) >= 11 is 0. The van der Waals surface area contributed by atoms with Crippen LogP contribution in [0.25, 0.3) is 16.7 Å². The maximum atomic E-state index is 5.48. The van der Waals surface area contributed by atoms with Gasteiger partial charge >= 0.3 is 0 Å². The summed E-state index contributed by atoms with van der Waals surface area (Å²) in [6.45, 7) is 2.16. The van der Waals surface area contributed by atoms with Crippen molar-refractivity contribution in [3.8, 4) is 23.5 Å². The maximum absolute atomic E-state index is 5.48. The summed E-state index contributed by atoms with van der Waals surface area (Å²) < 4.78 is 0. The molecule has 2 aliphatic heterocycles. The van der Waals surface area contributed by atoms with E-state index in [0.29, 0.717) is 0 Å². The van der Waals surface area contributed by atoms with E-state index in [1.165, 1.54) is 39.2 Å². The van der Waals surface area contributed by atoms with E-state index in [1.807, 2.05) is 36.9 Å². The number of hydrogen-bond acceptors (Lipinski definition) is 3. The molecule has 134 valence electrons. The van der Waals surface area contributed by atoms with Gasteiger partial charge in [0, 0.05) is 53.6 Å². The fourth-order valence-corrected chi connectivity index (χ4v) is 4.17. The number of aromatic nitrogens is 1. The number of rotatable bonds is 2. The number of anilines is 2. The minimum atomic E-state index is 0.275. The van der Waals surface area contributed by atoms with Crippen LogP contribution in [0.15, 0.2) is 72.1 Å². The van der Waals surface area contributed by atoms with E-state index >= 15 is 0 Å². The summed E-state index contributed by atoms with van der Waals surface area (Å²) in [5.41, 5.74) is 9.36. The van der Waals surface area contributed by atoms with Crippen molar-refractivity contribution in [1.29, 1.82) is 0 Å². The van der Waals surface area contributed by atoms with Gasteiger partial charge in [-0.2, -0.15) is 0 Å². The fourth-order valence-electron chi connectivity index (χ4n) is 4.17. The Hall–Kier alpha value is -3.64. The van der Waals surface area contributed by atoms with Crippen LogP contribution in [0.3, 0.4) is 0 Å². The van der Waals surface area contributed by atoms with Gasteiger partial charge in [-0.1, -0.05) is 24.1 Å². The third-order valence-corrected chi connectivity index (χ3v) is 5.54. The van der Waals surface area contributed by atoms with E-state index < -0.39 is 0 Å². The highest BCUT2D eigenvalue weighted by Gasteiger charge is 2.35. The number of aryl methyl sites for hydroxylation is 1. The molecular weight excluding hydrogens is 342 g/mol. The Morgan fingerprint density at radius 2 is 1.93 bits per heavy atom. The van der Waals surface area contributed by atoms with Gasteiger partial charge in [-0.05, 0) is 53.9 Å². The molecule has 0 aliphatic carbocycles. The minimum absolute atomic E-state index is 0.275. The molecule has 3 aromatic rings. The number of nitrogens with zero attached hydrogens (tertiary/aromatic N) is 3. The second kappa shape index (κ2) is 6.51. The van der Waals surface area contributed by atoms with Crippen molar-refractivity contribution in [2.75, 3.05) is 4.90 Å². The molecule has 0 bridgehead atoms. The van der Waals surface area contributed by atoms with Crippen molar-refractivity contribution in [1.82, 2.24) is 4.98 Å². The highest BCUT2D eigenvalue weighted by Crippen LogP contribution is 2.46. The number of benzene rings is 2. The van der Waals surface area contributed by atoms with Crippen molar-refractivity contribution in [3.05, 3.63) is 83.8 Å². The first-order valence-corrected chi connectivity index (χ1v) is 9.39. The topological polar surface area (TPSA) is 28.5 Å². The largest absolute Gasteiger partial charge is 0.333 e. The van der Waals surface area contributed by atoms with Crippen LogP contribution in [0, 0.1) is 19.3 Å². The van der Waals surface area contributed by atoms with E-state index in [9.17, 15) is 0 Å². The molecule has 2 aliphatic rings. The van der Waals surface area contributed by atoms with Crippen molar-refractivity contribution in [2.45, 2.75) is 19.4 Å². The van der Waals surface area contributed by atoms with E-state index in [-0.39, 0.29) is 6.04 Å². The predicted octanol–water partition coefficient (Wildman–Crippen LogP) is 5.37. The highest BCUT2D eigenvalue weighted by molar-refractivity contribution is 5.95. The zero-order valence-corrected chi connectivity index (χ0v) is 15.6. The molecular formula is C25H19N3. The summed E-state index contributed by atoms with van der Waals surface area (Å²) in [6, 6.07) is 17.2. The van der Waals surface area contributed by atoms with Gasteiger partial charge in [-0.3, -0.25) is 9.98 Å². The Bertz CT molecular complexity index is 1160. The summed E-state index contributed by atoms with van der Waals surface area (Å²) in [5, 5.41) is 0. The van der Waals surface area contributed by atoms with E-state index in [4.69, 9.17) is 6.42 Å². The fraction of sp³-hybridized carbons (Fsp3) is 0.120. The lowest BCUT2D eigenvalue weighted by Gasteiger charge is -2.28. The Kier molecular flexibility index (Phi) is 3.84. The van der Waals surface area contributed by atoms with Gasteiger partial charge in [-0.25, -0.2) is 0 Å². The molecule has 28 heavy (non-hydrogen) atoms. The summed E-state index contributed by atoms with van der Waals surface area (Å²) in [5.74, 6) is 2.67. The van der Waals surface area contributed by atoms with Crippen LogP contribution in [0.2, 0.25) is 0 Å². The lowest BCUT2D eigenvalue weighted by atomic mass is 9.98. The van der Waals surface area contributed by atoms with Gasteiger partial charge in [0.25, 0.3) is 0 Å². The van der Waals surface area contributed by atoms with Crippen molar-refractivity contribution in [2.24, 2.45) is 4.99 Å². The van der Waals surface area contributed by atoms with Gasteiger partial charge in [0.15, 0.2) is 0 Å².